The minimum atomic E-state index is -0.951. The van der Waals surface area contributed by atoms with E-state index in [0.29, 0.717) is 23.6 Å². The smallest absolute Gasteiger partial charge is 0.337 e. The summed E-state index contributed by atoms with van der Waals surface area (Å²) in [5.74, 6) is -0.762. The van der Waals surface area contributed by atoms with Gasteiger partial charge in [-0.15, -0.1) is 0 Å². The Morgan fingerprint density at radius 1 is 1.17 bits per heavy atom. The average Bonchev–Trinajstić information content (AvgIpc) is 3.53. The molecule has 0 atom stereocenters. The Hall–Kier alpha value is -3.47. The minimum Gasteiger partial charge on any atom is -0.478 e. The van der Waals surface area contributed by atoms with Crippen LogP contribution in [0.3, 0.4) is 0 Å². The summed E-state index contributed by atoms with van der Waals surface area (Å²) < 4.78 is 16.4. The molecule has 0 amide bonds. The maximum Gasteiger partial charge on any atom is 0.337 e. The van der Waals surface area contributed by atoms with Crippen LogP contribution in [0.4, 0.5) is 4.39 Å². The summed E-state index contributed by atoms with van der Waals surface area (Å²) in [5, 5.41) is 10.6. The SMILES string of the molecule is Cn1cc(-c2ccccc2F)c2cc(Cc3ncc(C4CC4)cc3C(=O)O)ccc21. The standard InChI is InChI=1S/C25H21FN2O2/c1-28-14-21(18-4-2-3-5-22(18)26)19-10-15(6-9-24(19)28)11-23-20(25(29)30)12-17(13-27-23)16-7-8-16/h2-6,9-10,12-14,16H,7-8,11H2,1H3,(H,29,30). The Morgan fingerprint density at radius 2 is 1.97 bits per heavy atom. The van der Waals surface area contributed by atoms with E-state index in [1.807, 2.05) is 48.3 Å². The number of halogens is 1. The zero-order valence-corrected chi connectivity index (χ0v) is 16.6. The first kappa shape index (κ1) is 18.6. The first-order chi connectivity index (χ1) is 14.5. The van der Waals surface area contributed by atoms with E-state index in [1.54, 1.807) is 18.2 Å². The Kier molecular flexibility index (Phi) is 4.39. The Bertz CT molecular complexity index is 1290. The molecule has 1 N–H and O–H groups in total. The highest BCUT2D eigenvalue weighted by molar-refractivity contribution is 5.96. The highest BCUT2D eigenvalue weighted by Gasteiger charge is 2.26. The number of aryl methyl sites for hydroxylation is 1. The fraction of sp³-hybridized carbons (Fsp3) is 0.200. The first-order valence-corrected chi connectivity index (χ1v) is 10.1. The number of carbonyl (C=O) groups is 1. The van der Waals surface area contributed by atoms with E-state index in [2.05, 4.69) is 4.98 Å². The average molecular weight is 400 g/mol. The van der Waals surface area contributed by atoms with Crippen LogP contribution in [-0.2, 0) is 13.5 Å². The van der Waals surface area contributed by atoms with Crippen molar-refractivity contribution in [2.45, 2.75) is 25.2 Å². The van der Waals surface area contributed by atoms with Gasteiger partial charge in [-0.2, -0.15) is 0 Å². The van der Waals surface area contributed by atoms with Crippen LogP contribution in [0.25, 0.3) is 22.0 Å². The number of carboxylic acid groups (broad SMARTS) is 1. The van der Waals surface area contributed by atoms with E-state index in [4.69, 9.17) is 0 Å². The zero-order valence-electron chi connectivity index (χ0n) is 16.6. The van der Waals surface area contributed by atoms with Crippen molar-refractivity contribution in [3.05, 3.63) is 89.1 Å². The normalized spacial score (nSPS) is 13.7. The molecule has 2 aromatic heterocycles. The summed E-state index contributed by atoms with van der Waals surface area (Å²) in [5.41, 5.74) is 5.14. The lowest BCUT2D eigenvalue weighted by Crippen LogP contribution is -2.07. The van der Waals surface area contributed by atoms with E-state index in [-0.39, 0.29) is 11.4 Å². The number of aromatic carboxylic acids is 1. The number of pyridine rings is 1. The Balaban J connectivity index is 1.57. The van der Waals surface area contributed by atoms with Crippen LogP contribution >= 0.6 is 0 Å². The Morgan fingerprint density at radius 3 is 2.70 bits per heavy atom. The molecule has 30 heavy (non-hydrogen) atoms. The predicted octanol–water partition coefficient (Wildman–Crippen LogP) is 5.55. The van der Waals surface area contributed by atoms with E-state index in [0.717, 1.165) is 40.4 Å². The molecular weight excluding hydrogens is 379 g/mol. The van der Waals surface area contributed by atoms with Gasteiger partial charge >= 0.3 is 5.97 Å². The topological polar surface area (TPSA) is 55.1 Å². The van der Waals surface area contributed by atoms with Crippen LogP contribution in [0.2, 0.25) is 0 Å². The monoisotopic (exact) mass is 400 g/mol. The molecule has 0 saturated heterocycles. The van der Waals surface area contributed by atoms with Crippen molar-refractivity contribution in [2.24, 2.45) is 7.05 Å². The van der Waals surface area contributed by atoms with Crippen molar-refractivity contribution >= 4 is 16.9 Å². The van der Waals surface area contributed by atoms with Crippen LogP contribution in [0.5, 0.6) is 0 Å². The zero-order chi connectivity index (χ0) is 20.8. The van der Waals surface area contributed by atoms with Crippen LogP contribution in [0.1, 0.15) is 45.9 Å². The number of aromatic nitrogens is 2. The summed E-state index contributed by atoms with van der Waals surface area (Å²) in [4.78, 5) is 16.3. The highest BCUT2D eigenvalue weighted by atomic mass is 19.1. The lowest BCUT2D eigenvalue weighted by molar-refractivity contribution is 0.0695. The summed E-state index contributed by atoms with van der Waals surface area (Å²) in [6.07, 6.45) is 6.35. The van der Waals surface area contributed by atoms with Gasteiger partial charge in [0, 0.05) is 47.9 Å². The van der Waals surface area contributed by atoms with Crippen molar-refractivity contribution < 1.29 is 14.3 Å². The molecule has 150 valence electrons. The fourth-order valence-corrected chi connectivity index (χ4v) is 4.11. The molecule has 2 heterocycles. The molecule has 4 nitrogen and oxygen atoms in total. The third-order valence-corrected chi connectivity index (χ3v) is 5.86. The van der Waals surface area contributed by atoms with E-state index in [9.17, 15) is 14.3 Å². The number of fused-ring (bicyclic) bond motifs is 1. The van der Waals surface area contributed by atoms with Gasteiger partial charge in [0.15, 0.2) is 0 Å². The fourth-order valence-electron chi connectivity index (χ4n) is 4.11. The van der Waals surface area contributed by atoms with Gasteiger partial charge in [-0.25, -0.2) is 9.18 Å². The van der Waals surface area contributed by atoms with Gasteiger partial charge in [0.05, 0.1) is 11.3 Å². The number of hydrogen-bond acceptors (Lipinski definition) is 2. The van der Waals surface area contributed by atoms with Crippen LogP contribution in [0.15, 0.2) is 60.9 Å². The molecule has 1 aliphatic carbocycles. The quantitative estimate of drug-likeness (QED) is 0.478. The lowest BCUT2D eigenvalue weighted by atomic mass is 9.99. The molecule has 1 aliphatic rings. The van der Waals surface area contributed by atoms with Gasteiger partial charge < -0.3 is 9.67 Å². The largest absolute Gasteiger partial charge is 0.478 e. The van der Waals surface area contributed by atoms with Gasteiger partial charge in [0.25, 0.3) is 0 Å². The Labute approximate surface area is 173 Å². The number of carboxylic acids is 1. The molecule has 5 heteroatoms. The summed E-state index contributed by atoms with van der Waals surface area (Å²) >= 11 is 0. The summed E-state index contributed by atoms with van der Waals surface area (Å²) in [6.45, 7) is 0. The van der Waals surface area contributed by atoms with Gasteiger partial charge in [-0.05, 0) is 54.2 Å². The molecule has 1 fully saturated rings. The number of rotatable bonds is 5. The number of benzene rings is 2. The summed E-state index contributed by atoms with van der Waals surface area (Å²) in [7, 11) is 1.94. The first-order valence-electron chi connectivity index (χ1n) is 10.1. The highest BCUT2D eigenvalue weighted by Crippen LogP contribution is 2.40. The van der Waals surface area contributed by atoms with Gasteiger partial charge in [0.1, 0.15) is 5.82 Å². The maximum absolute atomic E-state index is 14.4. The molecule has 0 radical (unpaired) electrons. The van der Waals surface area contributed by atoms with Crippen molar-refractivity contribution in [1.82, 2.24) is 9.55 Å². The van der Waals surface area contributed by atoms with Crippen molar-refractivity contribution in [1.29, 1.82) is 0 Å². The van der Waals surface area contributed by atoms with E-state index < -0.39 is 5.97 Å². The molecular formula is C25H21FN2O2. The second kappa shape index (κ2) is 7.10. The third-order valence-electron chi connectivity index (χ3n) is 5.86. The van der Waals surface area contributed by atoms with E-state index in [1.165, 1.54) is 6.07 Å². The van der Waals surface area contributed by atoms with Crippen LogP contribution in [-0.4, -0.2) is 20.6 Å². The van der Waals surface area contributed by atoms with Gasteiger partial charge in [-0.1, -0.05) is 24.3 Å². The molecule has 1 saturated carbocycles. The van der Waals surface area contributed by atoms with Crippen molar-refractivity contribution in [3.63, 3.8) is 0 Å². The summed E-state index contributed by atoms with van der Waals surface area (Å²) in [6, 6.07) is 14.5. The number of nitrogens with zero attached hydrogens (tertiary/aromatic N) is 2. The van der Waals surface area contributed by atoms with Gasteiger partial charge in [-0.3, -0.25) is 4.98 Å². The molecule has 0 spiro atoms. The predicted molar refractivity (Wildman–Crippen MR) is 114 cm³/mol. The molecule has 0 aliphatic heterocycles. The molecule has 2 aromatic carbocycles. The minimum absolute atomic E-state index is 0.263. The van der Waals surface area contributed by atoms with Crippen molar-refractivity contribution in [3.8, 4) is 11.1 Å². The molecule has 5 rings (SSSR count). The van der Waals surface area contributed by atoms with Crippen molar-refractivity contribution in [2.75, 3.05) is 0 Å². The van der Waals surface area contributed by atoms with Crippen LogP contribution in [0, 0.1) is 5.82 Å². The second-order valence-corrected chi connectivity index (χ2v) is 8.00. The maximum atomic E-state index is 14.4. The number of hydrogen-bond donors (Lipinski definition) is 1. The molecule has 0 unspecified atom stereocenters. The molecule has 4 aromatic rings. The third kappa shape index (κ3) is 3.26. The lowest BCUT2D eigenvalue weighted by Gasteiger charge is -2.09. The van der Waals surface area contributed by atoms with E-state index >= 15 is 0 Å². The second-order valence-electron chi connectivity index (χ2n) is 8.00. The van der Waals surface area contributed by atoms with Gasteiger partial charge in [0.2, 0.25) is 0 Å². The molecule has 0 bridgehead atoms. The van der Waals surface area contributed by atoms with Crippen LogP contribution < -0.4 is 0 Å².